The van der Waals surface area contributed by atoms with Crippen LogP contribution in [0.4, 0.5) is 5.82 Å². The van der Waals surface area contributed by atoms with Crippen LogP contribution in [0, 0.1) is 0 Å². The van der Waals surface area contributed by atoms with Crippen LogP contribution in [0.5, 0.6) is 0 Å². The fraction of sp³-hybridized carbons (Fsp3) is 0.273. The monoisotopic (exact) mass is 442 g/mol. The molecule has 9 heteroatoms. The van der Waals surface area contributed by atoms with Crippen LogP contribution in [-0.2, 0) is 15.0 Å². The molecule has 1 aromatic heterocycles. The predicted octanol–water partition coefficient (Wildman–Crippen LogP) is 3.30. The summed E-state index contributed by atoms with van der Waals surface area (Å²) in [5, 5.41) is 12.5. The second-order valence-electron chi connectivity index (χ2n) is 7.06. The summed E-state index contributed by atoms with van der Waals surface area (Å²) in [7, 11) is -3.83. The fourth-order valence-corrected chi connectivity index (χ4v) is 4.23. The summed E-state index contributed by atoms with van der Waals surface area (Å²) in [5.74, 6) is -0.200. The number of carboxylic acid groups (broad SMARTS) is 1. The molecule has 1 aliphatic rings. The van der Waals surface area contributed by atoms with Crippen molar-refractivity contribution in [3.8, 4) is 0 Å². The third-order valence-corrected chi connectivity index (χ3v) is 6.07. The van der Waals surface area contributed by atoms with Gasteiger partial charge in [-0.1, -0.05) is 36.8 Å². The van der Waals surface area contributed by atoms with Gasteiger partial charge in [0.15, 0.2) is 0 Å². The SMILES string of the molecule is O=C(O)CC1=CN(S(=O)(=O)NCCCCCNc2ccccn2)C=Cc2ccccc21. The Hall–Kier alpha value is -3.17. The summed E-state index contributed by atoms with van der Waals surface area (Å²) in [5.41, 5.74) is 1.91. The fourth-order valence-electron chi connectivity index (χ4n) is 3.19. The molecule has 0 radical (unpaired) electrons. The number of unbranched alkanes of at least 4 members (excludes halogenated alkanes) is 2. The van der Waals surface area contributed by atoms with Gasteiger partial charge in [0, 0.05) is 31.7 Å². The van der Waals surface area contributed by atoms with Gasteiger partial charge in [-0.15, -0.1) is 0 Å². The van der Waals surface area contributed by atoms with Gasteiger partial charge in [-0.3, -0.25) is 4.79 Å². The number of carboxylic acids is 1. The van der Waals surface area contributed by atoms with Gasteiger partial charge >= 0.3 is 16.2 Å². The second kappa shape index (κ2) is 10.7. The molecule has 1 aliphatic heterocycles. The average Bonchev–Trinajstić information content (AvgIpc) is 2.94. The Balaban J connectivity index is 1.53. The largest absolute Gasteiger partial charge is 0.481 e. The van der Waals surface area contributed by atoms with Gasteiger partial charge in [0.1, 0.15) is 5.82 Å². The molecule has 2 heterocycles. The van der Waals surface area contributed by atoms with Gasteiger partial charge < -0.3 is 10.4 Å². The molecule has 0 fully saturated rings. The average molecular weight is 443 g/mol. The Morgan fingerprint density at radius 2 is 1.81 bits per heavy atom. The lowest BCUT2D eigenvalue weighted by Gasteiger charge is -2.17. The van der Waals surface area contributed by atoms with Crippen molar-refractivity contribution in [2.24, 2.45) is 0 Å². The predicted molar refractivity (Wildman–Crippen MR) is 121 cm³/mol. The summed E-state index contributed by atoms with van der Waals surface area (Å²) in [6.07, 6.45) is 8.36. The van der Waals surface area contributed by atoms with E-state index in [0.29, 0.717) is 24.1 Å². The maximum Gasteiger partial charge on any atom is 0.307 e. The standard InChI is InChI=1S/C22H26N4O4S/c27-22(28)16-19-17-26(15-11-18-8-2-3-9-20(18)19)31(29,30)25-14-6-1-5-12-23-21-10-4-7-13-24-21/h2-4,7-11,13,15,17,25H,1,5-6,12,14,16H2,(H,23,24)(H,27,28). The Bertz CT molecular complexity index is 1050. The number of nitrogens with zero attached hydrogens (tertiary/aromatic N) is 2. The molecule has 0 saturated carbocycles. The minimum atomic E-state index is -3.83. The highest BCUT2D eigenvalue weighted by Gasteiger charge is 2.21. The van der Waals surface area contributed by atoms with E-state index in [2.05, 4.69) is 15.0 Å². The highest BCUT2D eigenvalue weighted by molar-refractivity contribution is 7.87. The number of aromatic nitrogens is 1. The number of carbonyl (C=O) groups is 1. The van der Waals surface area contributed by atoms with E-state index in [9.17, 15) is 18.3 Å². The number of rotatable bonds is 11. The first kappa shape index (κ1) is 22.5. The number of fused-ring (bicyclic) bond motifs is 1. The minimum absolute atomic E-state index is 0.270. The van der Waals surface area contributed by atoms with Crippen molar-refractivity contribution in [1.82, 2.24) is 14.0 Å². The number of hydrogen-bond acceptors (Lipinski definition) is 5. The van der Waals surface area contributed by atoms with Crippen LogP contribution in [0.3, 0.4) is 0 Å². The third-order valence-electron chi connectivity index (χ3n) is 4.72. The molecule has 2 aromatic rings. The molecule has 0 unspecified atom stereocenters. The molecular weight excluding hydrogens is 416 g/mol. The van der Waals surface area contributed by atoms with Crippen molar-refractivity contribution in [2.45, 2.75) is 25.7 Å². The zero-order valence-electron chi connectivity index (χ0n) is 17.1. The van der Waals surface area contributed by atoms with Crippen LogP contribution < -0.4 is 10.0 Å². The van der Waals surface area contributed by atoms with E-state index in [4.69, 9.17) is 0 Å². The van der Waals surface area contributed by atoms with Crippen LogP contribution in [0.25, 0.3) is 11.6 Å². The zero-order chi connectivity index (χ0) is 22.1. The normalized spacial score (nSPS) is 13.3. The summed E-state index contributed by atoms with van der Waals surface area (Å²) in [6, 6.07) is 12.9. The molecule has 3 rings (SSSR count). The van der Waals surface area contributed by atoms with Crippen molar-refractivity contribution in [3.05, 3.63) is 72.2 Å². The molecule has 8 nitrogen and oxygen atoms in total. The van der Waals surface area contributed by atoms with Gasteiger partial charge in [-0.25, -0.2) is 9.29 Å². The van der Waals surface area contributed by atoms with Crippen molar-refractivity contribution in [1.29, 1.82) is 0 Å². The number of hydrogen-bond donors (Lipinski definition) is 3. The smallest absolute Gasteiger partial charge is 0.307 e. The van der Waals surface area contributed by atoms with E-state index in [1.165, 1.54) is 12.4 Å². The van der Waals surface area contributed by atoms with Gasteiger partial charge in [0.2, 0.25) is 0 Å². The first-order valence-electron chi connectivity index (χ1n) is 10.1. The number of anilines is 1. The van der Waals surface area contributed by atoms with E-state index in [1.807, 2.05) is 30.3 Å². The van der Waals surface area contributed by atoms with Crippen LogP contribution >= 0.6 is 0 Å². The van der Waals surface area contributed by atoms with Crippen LogP contribution in [-0.4, -0.2) is 41.9 Å². The van der Waals surface area contributed by atoms with Crippen molar-refractivity contribution >= 4 is 33.6 Å². The molecule has 1 aromatic carbocycles. The van der Waals surface area contributed by atoms with Gasteiger partial charge in [-0.05, 0) is 47.8 Å². The van der Waals surface area contributed by atoms with Crippen LogP contribution in [0.2, 0.25) is 0 Å². The van der Waals surface area contributed by atoms with Gasteiger partial charge in [0.25, 0.3) is 0 Å². The molecular formula is C22H26N4O4S. The zero-order valence-corrected chi connectivity index (χ0v) is 17.9. The van der Waals surface area contributed by atoms with Crippen molar-refractivity contribution in [2.75, 3.05) is 18.4 Å². The van der Waals surface area contributed by atoms with E-state index < -0.39 is 16.2 Å². The van der Waals surface area contributed by atoms with E-state index in [0.717, 1.165) is 35.1 Å². The Kier molecular flexibility index (Phi) is 7.80. The quantitative estimate of drug-likeness (QED) is 0.461. The van der Waals surface area contributed by atoms with Crippen molar-refractivity contribution < 1.29 is 18.3 Å². The topological polar surface area (TPSA) is 112 Å². The maximum atomic E-state index is 12.7. The summed E-state index contributed by atoms with van der Waals surface area (Å²) in [6.45, 7) is 1.06. The number of aliphatic carboxylic acids is 1. The molecule has 0 atom stereocenters. The van der Waals surface area contributed by atoms with Crippen molar-refractivity contribution in [3.63, 3.8) is 0 Å². The number of nitrogens with one attached hydrogen (secondary N) is 2. The van der Waals surface area contributed by atoms with Crippen LogP contribution in [0.15, 0.2) is 61.1 Å². The minimum Gasteiger partial charge on any atom is -0.481 e. The lowest BCUT2D eigenvalue weighted by molar-refractivity contribution is -0.135. The van der Waals surface area contributed by atoms with E-state index >= 15 is 0 Å². The molecule has 164 valence electrons. The molecule has 0 bridgehead atoms. The maximum absolute atomic E-state index is 12.7. The molecule has 3 N–H and O–H groups in total. The van der Waals surface area contributed by atoms with Gasteiger partial charge in [-0.2, -0.15) is 13.1 Å². The van der Waals surface area contributed by atoms with Gasteiger partial charge in [0.05, 0.1) is 6.42 Å². The lowest BCUT2D eigenvalue weighted by atomic mass is 9.99. The molecule has 0 amide bonds. The Labute approximate surface area is 182 Å². The number of benzene rings is 1. The Morgan fingerprint density at radius 3 is 2.58 bits per heavy atom. The summed E-state index contributed by atoms with van der Waals surface area (Å²) < 4.78 is 29.1. The summed E-state index contributed by atoms with van der Waals surface area (Å²) >= 11 is 0. The third kappa shape index (κ3) is 6.66. The highest BCUT2D eigenvalue weighted by Crippen LogP contribution is 2.28. The number of pyridine rings is 1. The van der Waals surface area contributed by atoms with Crippen LogP contribution in [0.1, 0.15) is 36.8 Å². The first-order chi connectivity index (χ1) is 15.0. The second-order valence-corrected chi connectivity index (χ2v) is 8.72. The van der Waals surface area contributed by atoms with E-state index in [1.54, 1.807) is 24.4 Å². The first-order valence-corrected chi connectivity index (χ1v) is 11.5. The molecule has 0 aliphatic carbocycles. The molecule has 31 heavy (non-hydrogen) atoms. The Morgan fingerprint density at radius 1 is 1.03 bits per heavy atom. The molecule has 0 saturated heterocycles. The molecule has 0 spiro atoms. The highest BCUT2D eigenvalue weighted by atomic mass is 32.2. The lowest BCUT2D eigenvalue weighted by Crippen LogP contribution is -2.35. The summed E-state index contributed by atoms with van der Waals surface area (Å²) in [4.78, 5) is 15.5. The van der Waals surface area contributed by atoms with E-state index in [-0.39, 0.29) is 6.42 Å².